The van der Waals surface area contributed by atoms with Crippen molar-refractivity contribution in [2.24, 2.45) is 0 Å². The van der Waals surface area contributed by atoms with Gasteiger partial charge >= 0.3 is 0 Å². The van der Waals surface area contributed by atoms with Gasteiger partial charge in [-0.05, 0) is 17.7 Å². The highest BCUT2D eigenvalue weighted by Gasteiger charge is 2.38. The number of carbonyl (C=O) groups excluding carboxylic acids is 1. The number of para-hydroxylation sites is 1. The minimum absolute atomic E-state index is 0.0867. The molecule has 0 saturated carbocycles. The Kier molecular flexibility index (Phi) is 5.07. The third-order valence-electron chi connectivity index (χ3n) is 5.34. The molecule has 0 spiro atoms. The lowest BCUT2D eigenvalue weighted by molar-refractivity contribution is -0.116. The largest absolute Gasteiger partial charge is 0.464 e. The fourth-order valence-electron chi connectivity index (χ4n) is 3.88. The fraction of sp³-hybridized carbons (Fsp3) is 0.0357. The monoisotopic (exact) mass is 403 g/mol. The van der Waals surface area contributed by atoms with E-state index in [1.807, 2.05) is 121 Å². The molecule has 150 valence electrons. The molecular weight excluding hydrogens is 382 g/mol. The van der Waals surface area contributed by atoms with Crippen LogP contribution in [0.25, 0.3) is 11.3 Å². The molecule has 0 aromatic heterocycles. The van der Waals surface area contributed by atoms with Crippen LogP contribution in [0.1, 0.15) is 22.9 Å². The highest BCUT2D eigenvalue weighted by atomic mass is 16.5. The van der Waals surface area contributed by atoms with Crippen LogP contribution in [0.15, 0.2) is 121 Å². The molecular formula is C28H21NO2. The maximum Gasteiger partial charge on any atom is 0.265 e. The summed E-state index contributed by atoms with van der Waals surface area (Å²) in [5.41, 5.74) is 3.98. The molecule has 4 aromatic carbocycles. The van der Waals surface area contributed by atoms with Gasteiger partial charge in [-0.2, -0.15) is 0 Å². The van der Waals surface area contributed by atoms with E-state index >= 15 is 0 Å². The van der Waals surface area contributed by atoms with Crippen LogP contribution in [-0.4, -0.2) is 5.91 Å². The Morgan fingerprint density at radius 3 is 1.65 bits per heavy atom. The van der Waals surface area contributed by atoms with Crippen molar-refractivity contribution in [1.29, 1.82) is 0 Å². The Balaban J connectivity index is 1.75. The number of benzene rings is 4. The summed E-state index contributed by atoms with van der Waals surface area (Å²) in [6.07, 6.45) is -0.571. The molecule has 0 fully saturated rings. The molecule has 0 N–H and O–H groups in total. The highest BCUT2D eigenvalue weighted by molar-refractivity contribution is 6.32. The number of ether oxygens (including phenoxy) is 1. The van der Waals surface area contributed by atoms with Gasteiger partial charge in [-0.25, -0.2) is 0 Å². The van der Waals surface area contributed by atoms with Crippen molar-refractivity contribution in [3.05, 3.63) is 138 Å². The zero-order valence-electron chi connectivity index (χ0n) is 16.9. The van der Waals surface area contributed by atoms with E-state index in [0.717, 1.165) is 22.4 Å². The van der Waals surface area contributed by atoms with E-state index in [0.29, 0.717) is 11.3 Å². The van der Waals surface area contributed by atoms with Gasteiger partial charge in [0.15, 0.2) is 0 Å². The Labute approximate surface area is 181 Å². The zero-order chi connectivity index (χ0) is 21.0. The first-order valence-electron chi connectivity index (χ1n) is 10.3. The maximum absolute atomic E-state index is 14.1. The highest BCUT2D eigenvalue weighted by Crippen LogP contribution is 2.42. The standard InChI is InChI=1S/C28H21NO2/c30-27-25(21-13-5-1-6-14-21)26(22-15-7-2-8-16-22)31-28(23-17-9-3-10-18-23)29(27)24-19-11-4-12-20-24/h1-20,28H/t28-/m0/s1. The predicted octanol–water partition coefficient (Wildman–Crippen LogP) is 6.32. The van der Waals surface area contributed by atoms with Gasteiger partial charge in [0, 0.05) is 16.8 Å². The molecule has 0 bridgehead atoms. The first kappa shape index (κ1) is 18.9. The smallest absolute Gasteiger partial charge is 0.265 e. The van der Waals surface area contributed by atoms with E-state index in [4.69, 9.17) is 4.74 Å². The number of hydrogen-bond acceptors (Lipinski definition) is 2. The molecule has 31 heavy (non-hydrogen) atoms. The number of hydrogen-bond donors (Lipinski definition) is 0. The Morgan fingerprint density at radius 2 is 1.06 bits per heavy atom. The van der Waals surface area contributed by atoms with Gasteiger partial charge in [0.2, 0.25) is 6.23 Å². The second-order valence-corrected chi connectivity index (χ2v) is 7.33. The number of carbonyl (C=O) groups is 1. The summed E-state index contributed by atoms with van der Waals surface area (Å²) >= 11 is 0. The van der Waals surface area contributed by atoms with E-state index in [1.165, 1.54) is 0 Å². The maximum atomic E-state index is 14.1. The Hall–Kier alpha value is -4.11. The number of amides is 1. The first-order valence-corrected chi connectivity index (χ1v) is 10.3. The summed E-state index contributed by atoms with van der Waals surface area (Å²) in [5.74, 6) is 0.509. The van der Waals surface area contributed by atoms with Crippen LogP contribution in [0, 0.1) is 0 Å². The van der Waals surface area contributed by atoms with Gasteiger partial charge in [-0.15, -0.1) is 0 Å². The lowest BCUT2D eigenvalue weighted by atomic mass is 9.96. The second kappa shape index (κ2) is 8.33. The van der Waals surface area contributed by atoms with Crippen LogP contribution in [0.4, 0.5) is 5.69 Å². The number of nitrogens with zero attached hydrogens (tertiary/aromatic N) is 1. The molecule has 3 heteroatoms. The van der Waals surface area contributed by atoms with Gasteiger partial charge in [-0.3, -0.25) is 9.69 Å². The van der Waals surface area contributed by atoms with Crippen LogP contribution in [0.5, 0.6) is 0 Å². The van der Waals surface area contributed by atoms with Gasteiger partial charge in [0.05, 0.1) is 5.57 Å². The van der Waals surface area contributed by atoms with Crippen LogP contribution in [-0.2, 0) is 9.53 Å². The number of rotatable bonds is 4. The van der Waals surface area contributed by atoms with Crippen LogP contribution in [0.2, 0.25) is 0 Å². The van der Waals surface area contributed by atoms with Crippen molar-refractivity contribution in [2.45, 2.75) is 6.23 Å². The second-order valence-electron chi connectivity index (χ2n) is 7.33. The Morgan fingerprint density at radius 1 is 0.581 bits per heavy atom. The molecule has 1 aliphatic heterocycles. The minimum atomic E-state index is -0.571. The average molecular weight is 403 g/mol. The molecule has 0 aliphatic carbocycles. The molecule has 5 rings (SSSR count). The lowest BCUT2D eigenvalue weighted by Crippen LogP contribution is -2.40. The molecule has 1 aliphatic rings. The molecule has 3 nitrogen and oxygen atoms in total. The molecule has 1 atom stereocenters. The van der Waals surface area contributed by atoms with Crippen LogP contribution < -0.4 is 4.90 Å². The average Bonchev–Trinajstić information content (AvgIpc) is 2.85. The van der Waals surface area contributed by atoms with E-state index in [2.05, 4.69) is 0 Å². The lowest BCUT2D eigenvalue weighted by Gasteiger charge is -2.38. The van der Waals surface area contributed by atoms with E-state index in [-0.39, 0.29) is 5.91 Å². The predicted molar refractivity (Wildman–Crippen MR) is 124 cm³/mol. The summed E-state index contributed by atoms with van der Waals surface area (Å²) in [5, 5.41) is 0. The van der Waals surface area contributed by atoms with Gasteiger partial charge in [0.1, 0.15) is 5.76 Å². The third kappa shape index (κ3) is 3.62. The van der Waals surface area contributed by atoms with Crippen molar-refractivity contribution in [2.75, 3.05) is 4.90 Å². The van der Waals surface area contributed by atoms with Crippen molar-refractivity contribution in [3.8, 4) is 0 Å². The van der Waals surface area contributed by atoms with Gasteiger partial charge < -0.3 is 4.74 Å². The van der Waals surface area contributed by atoms with Crippen molar-refractivity contribution in [1.82, 2.24) is 0 Å². The Bertz CT molecular complexity index is 1200. The summed E-state index contributed by atoms with van der Waals surface area (Å²) in [6, 6.07) is 39.1. The topological polar surface area (TPSA) is 29.5 Å². The molecule has 4 aromatic rings. The molecule has 1 heterocycles. The van der Waals surface area contributed by atoms with E-state index < -0.39 is 6.23 Å². The summed E-state index contributed by atoms with van der Waals surface area (Å²) in [6.45, 7) is 0. The molecule has 0 unspecified atom stereocenters. The van der Waals surface area contributed by atoms with Crippen molar-refractivity contribution >= 4 is 22.9 Å². The number of anilines is 1. The van der Waals surface area contributed by atoms with Crippen molar-refractivity contribution in [3.63, 3.8) is 0 Å². The summed E-state index contributed by atoms with van der Waals surface area (Å²) < 4.78 is 6.65. The van der Waals surface area contributed by atoms with Crippen LogP contribution in [0.3, 0.4) is 0 Å². The van der Waals surface area contributed by atoms with Crippen molar-refractivity contribution < 1.29 is 9.53 Å². The third-order valence-corrected chi connectivity index (χ3v) is 5.34. The van der Waals surface area contributed by atoms with Gasteiger partial charge in [-0.1, -0.05) is 109 Å². The quantitative estimate of drug-likeness (QED) is 0.399. The summed E-state index contributed by atoms with van der Waals surface area (Å²) in [7, 11) is 0. The van der Waals surface area contributed by atoms with Crippen LogP contribution >= 0.6 is 0 Å². The van der Waals surface area contributed by atoms with Gasteiger partial charge in [0.25, 0.3) is 5.91 Å². The normalized spacial score (nSPS) is 16.2. The fourth-order valence-corrected chi connectivity index (χ4v) is 3.88. The minimum Gasteiger partial charge on any atom is -0.464 e. The molecule has 0 saturated heterocycles. The first-order chi connectivity index (χ1) is 15.3. The SMILES string of the molecule is O=C1C(c2ccccc2)=C(c2ccccc2)O[C@@H](c2ccccc2)N1c1ccccc1. The molecule has 0 radical (unpaired) electrons. The van der Waals surface area contributed by atoms with E-state index in [1.54, 1.807) is 4.90 Å². The zero-order valence-corrected chi connectivity index (χ0v) is 16.9. The van der Waals surface area contributed by atoms with E-state index in [9.17, 15) is 4.79 Å². The summed E-state index contributed by atoms with van der Waals surface area (Å²) in [4.78, 5) is 15.8. The molecule has 1 amide bonds.